The minimum Gasteiger partial charge on any atom is -0.497 e. The number of benzene rings is 2. The molecule has 0 bridgehead atoms. The van der Waals surface area contributed by atoms with Crippen LogP contribution in [0.25, 0.3) is 0 Å². The average molecular weight is 394 g/mol. The maximum atomic E-state index is 12.7. The van der Waals surface area contributed by atoms with Gasteiger partial charge in [0.2, 0.25) is 0 Å². The van der Waals surface area contributed by atoms with Crippen molar-refractivity contribution >= 4 is 21.8 Å². The van der Waals surface area contributed by atoms with Crippen LogP contribution in [0, 0.1) is 0 Å². The van der Waals surface area contributed by atoms with Gasteiger partial charge < -0.3 is 19.1 Å². The highest BCUT2D eigenvalue weighted by atomic mass is 79.9. The van der Waals surface area contributed by atoms with Gasteiger partial charge in [0.25, 0.3) is 5.91 Å². The fraction of sp³-hybridized carbons (Fsp3) is 0.278. The van der Waals surface area contributed by atoms with Gasteiger partial charge in [0.1, 0.15) is 17.2 Å². The van der Waals surface area contributed by atoms with E-state index in [9.17, 15) is 4.79 Å². The molecule has 24 heavy (non-hydrogen) atoms. The van der Waals surface area contributed by atoms with E-state index in [1.54, 1.807) is 57.5 Å². The van der Waals surface area contributed by atoms with Crippen molar-refractivity contribution in [3.8, 4) is 17.2 Å². The summed E-state index contributed by atoms with van der Waals surface area (Å²) in [5, 5.41) is 0. The number of rotatable bonds is 6. The van der Waals surface area contributed by atoms with Gasteiger partial charge in [-0.3, -0.25) is 4.79 Å². The molecular formula is C18H20BrNO4. The number of amides is 1. The standard InChI is InChI=1S/C18H20BrNO4/c1-20(11-12-5-6-14(23-3)10-17(12)24-4)18(21)15-9-13(22-2)7-8-16(15)19/h5-10H,11H2,1-4H3. The average Bonchev–Trinajstić information content (AvgIpc) is 2.61. The van der Waals surface area contributed by atoms with Crippen LogP contribution >= 0.6 is 15.9 Å². The van der Waals surface area contributed by atoms with Crippen molar-refractivity contribution in [3.05, 3.63) is 52.0 Å². The molecule has 128 valence electrons. The Labute approximate surface area is 150 Å². The summed E-state index contributed by atoms with van der Waals surface area (Å²) in [6, 6.07) is 10.9. The quantitative estimate of drug-likeness (QED) is 0.749. The Morgan fingerprint density at radius 3 is 2.25 bits per heavy atom. The first-order chi connectivity index (χ1) is 11.5. The first-order valence-electron chi connectivity index (χ1n) is 7.30. The largest absolute Gasteiger partial charge is 0.497 e. The van der Waals surface area contributed by atoms with E-state index in [1.165, 1.54) is 0 Å². The zero-order valence-corrected chi connectivity index (χ0v) is 15.7. The van der Waals surface area contributed by atoms with Crippen molar-refractivity contribution in [1.82, 2.24) is 4.90 Å². The van der Waals surface area contributed by atoms with Crippen LogP contribution in [0.2, 0.25) is 0 Å². The van der Waals surface area contributed by atoms with Gasteiger partial charge in [0.15, 0.2) is 0 Å². The van der Waals surface area contributed by atoms with Gasteiger partial charge in [0, 0.05) is 29.7 Å². The lowest BCUT2D eigenvalue weighted by molar-refractivity contribution is 0.0783. The van der Waals surface area contributed by atoms with Gasteiger partial charge >= 0.3 is 0 Å². The Hall–Kier alpha value is -2.21. The summed E-state index contributed by atoms with van der Waals surface area (Å²) in [4.78, 5) is 14.4. The van der Waals surface area contributed by atoms with Crippen LogP contribution in [0.1, 0.15) is 15.9 Å². The molecule has 0 saturated carbocycles. The number of carbonyl (C=O) groups excluding carboxylic acids is 1. The lowest BCUT2D eigenvalue weighted by Crippen LogP contribution is -2.26. The predicted octanol–water partition coefficient (Wildman–Crippen LogP) is 3.75. The molecule has 0 N–H and O–H groups in total. The maximum Gasteiger partial charge on any atom is 0.255 e. The van der Waals surface area contributed by atoms with E-state index in [0.717, 1.165) is 10.0 Å². The zero-order valence-electron chi connectivity index (χ0n) is 14.1. The SMILES string of the molecule is COc1ccc(CN(C)C(=O)c2cc(OC)ccc2Br)c(OC)c1. The Balaban J connectivity index is 2.23. The third-order valence-electron chi connectivity index (χ3n) is 3.65. The number of hydrogen-bond donors (Lipinski definition) is 0. The maximum absolute atomic E-state index is 12.7. The number of halogens is 1. The van der Waals surface area contributed by atoms with Crippen molar-refractivity contribution < 1.29 is 19.0 Å². The molecule has 6 heteroatoms. The van der Waals surface area contributed by atoms with Gasteiger partial charge in [-0.25, -0.2) is 0 Å². The molecule has 0 fully saturated rings. The summed E-state index contributed by atoms with van der Waals surface area (Å²) in [6.45, 7) is 0.412. The summed E-state index contributed by atoms with van der Waals surface area (Å²) in [7, 11) is 6.52. The van der Waals surface area contributed by atoms with Crippen LogP contribution in [0.15, 0.2) is 40.9 Å². The molecule has 0 saturated heterocycles. The minimum absolute atomic E-state index is 0.112. The lowest BCUT2D eigenvalue weighted by Gasteiger charge is -2.20. The summed E-state index contributed by atoms with van der Waals surface area (Å²) in [6.07, 6.45) is 0. The Morgan fingerprint density at radius 1 is 1.00 bits per heavy atom. The lowest BCUT2D eigenvalue weighted by atomic mass is 10.1. The highest BCUT2D eigenvalue weighted by molar-refractivity contribution is 9.10. The van der Waals surface area contributed by atoms with Crippen LogP contribution in [0.4, 0.5) is 0 Å². The summed E-state index contributed by atoms with van der Waals surface area (Å²) < 4.78 is 16.5. The predicted molar refractivity (Wildman–Crippen MR) is 96.0 cm³/mol. The van der Waals surface area contributed by atoms with Gasteiger partial charge in [-0.1, -0.05) is 0 Å². The van der Waals surface area contributed by atoms with E-state index in [1.807, 2.05) is 12.1 Å². The second-order valence-corrected chi connectivity index (χ2v) is 6.04. The van der Waals surface area contributed by atoms with E-state index in [-0.39, 0.29) is 5.91 Å². The van der Waals surface area contributed by atoms with E-state index in [0.29, 0.717) is 29.4 Å². The Bertz CT molecular complexity index is 733. The number of ether oxygens (including phenoxy) is 3. The molecular weight excluding hydrogens is 374 g/mol. The van der Waals surface area contributed by atoms with Crippen LogP contribution in [-0.2, 0) is 6.54 Å². The van der Waals surface area contributed by atoms with E-state index < -0.39 is 0 Å². The van der Waals surface area contributed by atoms with Crippen LogP contribution in [0.5, 0.6) is 17.2 Å². The third-order valence-corrected chi connectivity index (χ3v) is 4.34. The van der Waals surface area contributed by atoms with E-state index >= 15 is 0 Å². The third kappa shape index (κ3) is 4.00. The van der Waals surface area contributed by atoms with Crippen molar-refractivity contribution in [1.29, 1.82) is 0 Å². The van der Waals surface area contributed by atoms with Crippen molar-refractivity contribution in [2.75, 3.05) is 28.4 Å². The zero-order chi connectivity index (χ0) is 17.7. The summed E-state index contributed by atoms with van der Waals surface area (Å²) in [5.74, 6) is 1.91. The molecule has 0 aliphatic heterocycles. The molecule has 0 aromatic heterocycles. The molecule has 2 aromatic rings. The number of carbonyl (C=O) groups is 1. The Kier molecular flexibility index (Phi) is 6.09. The van der Waals surface area contributed by atoms with Gasteiger partial charge in [0.05, 0.1) is 26.9 Å². The van der Waals surface area contributed by atoms with Crippen molar-refractivity contribution in [2.24, 2.45) is 0 Å². The molecule has 0 radical (unpaired) electrons. The monoisotopic (exact) mass is 393 g/mol. The van der Waals surface area contributed by atoms with Gasteiger partial charge in [-0.2, -0.15) is 0 Å². The Morgan fingerprint density at radius 2 is 1.62 bits per heavy atom. The molecule has 0 heterocycles. The van der Waals surface area contributed by atoms with Gasteiger partial charge in [-0.15, -0.1) is 0 Å². The van der Waals surface area contributed by atoms with Gasteiger partial charge in [-0.05, 0) is 46.3 Å². The molecule has 2 rings (SSSR count). The van der Waals surface area contributed by atoms with E-state index in [4.69, 9.17) is 14.2 Å². The first kappa shape index (κ1) is 18.1. The van der Waals surface area contributed by atoms with E-state index in [2.05, 4.69) is 15.9 Å². The topological polar surface area (TPSA) is 48.0 Å². The molecule has 2 aromatic carbocycles. The van der Waals surface area contributed by atoms with Crippen LogP contribution in [0.3, 0.4) is 0 Å². The summed E-state index contributed by atoms with van der Waals surface area (Å²) >= 11 is 3.42. The second-order valence-electron chi connectivity index (χ2n) is 5.18. The fourth-order valence-electron chi connectivity index (χ4n) is 2.31. The fourth-order valence-corrected chi connectivity index (χ4v) is 2.73. The molecule has 0 spiro atoms. The van der Waals surface area contributed by atoms with Crippen molar-refractivity contribution in [2.45, 2.75) is 6.54 Å². The molecule has 0 unspecified atom stereocenters. The second kappa shape index (κ2) is 8.06. The van der Waals surface area contributed by atoms with Crippen LogP contribution in [-0.4, -0.2) is 39.2 Å². The minimum atomic E-state index is -0.112. The molecule has 0 aliphatic carbocycles. The van der Waals surface area contributed by atoms with Crippen molar-refractivity contribution in [3.63, 3.8) is 0 Å². The number of methoxy groups -OCH3 is 3. The highest BCUT2D eigenvalue weighted by Gasteiger charge is 2.18. The smallest absolute Gasteiger partial charge is 0.255 e. The molecule has 1 amide bonds. The molecule has 0 aliphatic rings. The van der Waals surface area contributed by atoms with Crippen LogP contribution < -0.4 is 14.2 Å². The molecule has 5 nitrogen and oxygen atoms in total. The highest BCUT2D eigenvalue weighted by Crippen LogP contribution is 2.27. The summed E-state index contributed by atoms with van der Waals surface area (Å²) in [5.41, 5.74) is 1.44. The number of nitrogens with zero attached hydrogens (tertiary/aromatic N) is 1. The molecule has 0 atom stereocenters. The first-order valence-corrected chi connectivity index (χ1v) is 8.09. The number of hydrogen-bond acceptors (Lipinski definition) is 4. The normalized spacial score (nSPS) is 10.2.